The molecule has 0 unspecified atom stereocenters. The van der Waals surface area contributed by atoms with E-state index in [1.54, 1.807) is 37.3 Å². The van der Waals surface area contributed by atoms with Crippen LogP contribution in [-0.2, 0) is 14.8 Å². The largest absolute Gasteiger partial charge is 0.508 e. The summed E-state index contributed by atoms with van der Waals surface area (Å²) in [6, 6.07) is 8.47. The lowest BCUT2D eigenvalue weighted by atomic mass is 10.0. The second kappa shape index (κ2) is 9.40. The van der Waals surface area contributed by atoms with Crippen LogP contribution in [0.4, 0.5) is 10.8 Å². The second-order valence-corrected chi connectivity index (χ2v) is 11.0. The van der Waals surface area contributed by atoms with Crippen molar-refractivity contribution >= 4 is 38.1 Å². The van der Waals surface area contributed by atoms with Crippen molar-refractivity contribution in [2.75, 3.05) is 10.0 Å². The summed E-state index contributed by atoms with van der Waals surface area (Å²) in [4.78, 5) is 15.4. The van der Waals surface area contributed by atoms with Crippen molar-refractivity contribution in [3.63, 3.8) is 0 Å². The number of hydrogen-bond acceptors (Lipinski definition) is 7. The zero-order valence-electron chi connectivity index (χ0n) is 19.3. The lowest BCUT2D eigenvalue weighted by Gasteiger charge is -2.16. The van der Waals surface area contributed by atoms with Gasteiger partial charge in [-0.15, -0.1) is 0 Å². The van der Waals surface area contributed by atoms with E-state index in [1.807, 2.05) is 27.7 Å². The Balaban J connectivity index is 1.87. The smallest absolute Gasteiger partial charge is 0.273 e. The summed E-state index contributed by atoms with van der Waals surface area (Å²) in [6.07, 6.45) is 0. The number of thiazole rings is 1. The maximum absolute atomic E-state index is 12.9. The number of aromatic hydroxyl groups is 1. The number of carbonyl (C=O) groups excluding carboxylic acids is 1. The maximum atomic E-state index is 12.9. The monoisotopic (exact) mass is 489 g/mol. The Labute approximate surface area is 197 Å². The van der Waals surface area contributed by atoms with Crippen molar-refractivity contribution < 1.29 is 23.1 Å². The van der Waals surface area contributed by atoms with Crippen LogP contribution < -0.4 is 14.8 Å². The summed E-state index contributed by atoms with van der Waals surface area (Å²) < 4.78 is 34.6. The Kier molecular flexibility index (Phi) is 6.99. The zero-order valence-corrected chi connectivity index (χ0v) is 20.9. The average molecular weight is 490 g/mol. The van der Waals surface area contributed by atoms with Gasteiger partial charge in [0.15, 0.2) is 9.34 Å². The van der Waals surface area contributed by atoms with Gasteiger partial charge in [-0.1, -0.05) is 25.2 Å². The van der Waals surface area contributed by atoms with Crippen LogP contribution in [0, 0.1) is 20.8 Å². The van der Waals surface area contributed by atoms with Gasteiger partial charge in [0.1, 0.15) is 17.2 Å². The minimum Gasteiger partial charge on any atom is -0.508 e. The van der Waals surface area contributed by atoms with Crippen molar-refractivity contribution in [1.82, 2.24) is 4.98 Å². The number of amides is 1. The van der Waals surface area contributed by atoms with Crippen molar-refractivity contribution in [3.8, 4) is 17.2 Å². The summed E-state index contributed by atoms with van der Waals surface area (Å²) in [5, 5.41) is 12.8. The number of nitrogens with one attached hydrogen (secondary N) is 2. The number of phenols is 1. The average Bonchev–Trinajstić information content (AvgIpc) is 3.05. The maximum Gasteiger partial charge on any atom is 0.273 e. The van der Waals surface area contributed by atoms with Crippen LogP contribution >= 0.6 is 11.3 Å². The highest BCUT2D eigenvalue weighted by Gasteiger charge is 2.23. The van der Waals surface area contributed by atoms with Crippen LogP contribution in [0.3, 0.4) is 0 Å². The fraction of sp³-hybridized carbons (Fsp3) is 0.304. The molecule has 1 aromatic heterocycles. The van der Waals surface area contributed by atoms with E-state index in [0.717, 1.165) is 28.0 Å². The number of sulfonamides is 1. The van der Waals surface area contributed by atoms with Crippen molar-refractivity contribution in [1.29, 1.82) is 0 Å². The van der Waals surface area contributed by atoms with Gasteiger partial charge in [0.25, 0.3) is 10.0 Å². The van der Waals surface area contributed by atoms with Crippen LogP contribution in [-0.4, -0.2) is 24.4 Å². The Bertz CT molecular complexity index is 1290. The molecule has 0 bridgehead atoms. The number of carbonyl (C=O) groups is 1. The number of nitrogens with zero attached hydrogens (tertiary/aromatic N) is 1. The fourth-order valence-electron chi connectivity index (χ4n) is 3.38. The predicted molar refractivity (Wildman–Crippen MR) is 130 cm³/mol. The molecule has 0 saturated carbocycles. The molecule has 0 aliphatic heterocycles. The van der Waals surface area contributed by atoms with Crippen LogP contribution in [0.2, 0.25) is 0 Å². The number of anilines is 2. The topological polar surface area (TPSA) is 118 Å². The van der Waals surface area contributed by atoms with Gasteiger partial charge in [0, 0.05) is 18.2 Å². The summed E-state index contributed by atoms with van der Waals surface area (Å²) >= 11 is 0.893. The molecular weight excluding hydrogens is 462 g/mol. The van der Waals surface area contributed by atoms with E-state index >= 15 is 0 Å². The first-order chi connectivity index (χ1) is 15.4. The summed E-state index contributed by atoms with van der Waals surface area (Å²) in [5.74, 6) is 1.23. The molecule has 3 N–H and O–H groups in total. The molecule has 0 aliphatic rings. The van der Waals surface area contributed by atoms with Crippen LogP contribution in [0.15, 0.2) is 34.5 Å². The highest BCUT2D eigenvalue weighted by molar-refractivity contribution is 7.94. The lowest BCUT2D eigenvalue weighted by molar-refractivity contribution is -0.114. The van der Waals surface area contributed by atoms with Crippen molar-refractivity contribution in [3.05, 3.63) is 52.7 Å². The molecule has 33 heavy (non-hydrogen) atoms. The molecule has 1 amide bonds. The van der Waals surface area contributed by atoms with E-state index in [9.17, 15) is 18.3 Å². The van der Waals surface area contributed by atoms with E-state index in [1.165, 1.54) is 6.92 Å². The standard InChI is InChI=1S/C23H27N3O5S2/c1-12(2)19-11-18(7-8-20(19)28)31-21-13(3)9-17(10-14(21)4)26-33(29,30)22-15(5)24-23(32-22)25-16(6)27/h7-12,26,28H,1-6H3,(H,24,25,27). The number of phenolic OH excluding ortho intramolecular Hbond substituents is 1. The van der Waals surface area contributed by atoms with Gasteiger partial charge in [0.05, 0.1) is 5.69 Å². The molecule has 10 heteroatoms. The van der Waals surface area contributed by atoms with Crippen molar-refractivity contribution in [2.45, 2.75) is 51.7 Å². The molecule has 1 heterocycles. The molecule has 3 aromatic rings. The quantitative estimate of drug-likeness (QED) is 0.406. The normalized spacial score (nSPS) is 11.5. The Hall–Kier alpha value is -3.11. The summed E-state index contributed by atoms with van der Waals surface area (Å²) in [5.41, 5.74) is 2.96. The van der Waals surface area contributed by atoms with Crippen molar-refractivity contribution in [2.24, 2.45) is 0 Å². The fourth-order valence-corrected chi connectivity index (χ4v) is 5.89. The number of aryl methyl sites for hydroxylation is 3. The van der Waals surface area contributed by atoms with Crippen LogP contribution in [0.25, 0.3) is 0 Å². The Morgan fingerprint density at radius 2 is 1.76 bits per heavy atom. The molecule has 0 fully saturated rings. The molecular formula is C23H27N3O5S2. The third kappa shape index (κ3) is 5.63. The first-order valence-electron chi connectivity index (χ1n) is 10.3. The number of rotatable bonds is 7. The Morgan fingerprint density at radius 3 is 2.33 bits per heavy atom. The SMILES string of the molecule is CC(=O)Nc1nc(C)c(S(=O)(=O)Nc2cc(C)c(Oc3ccc(O)c(C(C)C)c3)c(C)c2)s1. The van der Waals surface area contributed by atoms with E-state index in [-0.39, 0.29) is 26.9 Å². The van der Waals surface area contributed by atoms with E-state index < -0.39 is 10.0 Å². The van der Waals surface area contributed by atoms with Gasteiger partial charge in [-0.2, -0.15) is 0 Å². The van der Waals surface area contributed by atoms with Gasteiger partial charge in [0.2, 0.25) is 5.91 Å². The van der Waals surface area contributed by atoms with E-state index in [0.29, 0.717) is 22.9 Å². The van der Waals surface area contributed by atoms with Gasteiger partial charge < -0.3 is 15.2 Å². The summed E-state index contributed by atoms with van der Waals surface area (Å²) in [6.45, 7) is 10.5. The number of benzene rings is 2. The number of ether oxygens (including phenoxy) is 1. The zero-order chi connectivity index (χ0) is 24.5. The van der Waals surface area contributed by atoms with Gasteiger partial charge in [-0.25, -0.2) is 13.4 Å². The minimum atomic E-state index is -3.90. The molecule has 0 spiro atoms. The third-order valence-electron chi connectivity index (χ3n) is 4.83. The molecule has 3 rings (SSSR count). The first kappa shape index (κ1) is 24.5. The highest BCUT2D eigenvalue weighted by Crippen LogP contribution is 2.36. The molecule has 2 aromatic carbocycles. The molecule has 176 valence electrons. The molecule has 0 saturated heterocycles. The van der Waals surface area contributed by atoms with E-state index in [4.69, 9.17) is 4.74 Å². The minimum absolute atomic E-state index is 0.0344. The molecule has 0 radical (unpaired) electrons. The predicted octanol–water partition coefficient (Wildman–Crippen LogP) is 5.45. The number of aromatic nitrogens is 1. The highest BCUT2D eigenvalue weighted by atomic mass is 32.2. The second-order valence-electron chi connectivity index (χ2n) is 8.10. The van der Waals surface area contributed by atoms with Gasteiger partial charge in [-0.3, -0.25) is 9.52 Å². The first-order valence-corrected chi connectivity index (χ1v) is 12.6. The third-order valence-corrected chi connectivity index (χ3v) is 7.90. The van der Waals surface area contributed by atoms with Gasteiger partial charge >= 0.3 is 0 Å². The summed E-state index contributed by atoms with van der Waals surface area (Å²) in [7, 11) is -3.90. The van der Waals surface area contributed by atoms with E-state index in [2.05, 4.69) is 15.0 Å². The molecule has 0 atom stereocenters. The van der Waals surface area contributed by atoms with Crippen LogP contribution in [0.1, 0.15) is 49.1 Å². The number of hydrogen-bond donors (Lipinski definition) is 3. The molecule has 0 aliphatic carbocycles. The van der Waals surface area contributed by atoms with Gasteiger partial charge in [-0.05, 0) is 68.1 Å². The van der Waals surface area contributed by atoms with Crippen LogP contribution in [0.5, 0.6) is 17.2 Å². The Morgan fingerprint density at radius 1 is 1.12 bits per heavy atom. The molecule has 8 nitrogen and oxygen atoms in total. The lowest BCUT2D eigenvalue weighted by Crippen LogP contribution is -2.13.